The third kappa shape index (κ3) is 5.48. The van der Waals surface area contributed by atoms with Crippen molar-refractivity contribution in [1.29, 1.82) is 0 Å². The molecule has 0 spiro atoms. The zero-order valence-electron chi connectivity index (χ0n) is 18.5. The molecular formula is C28H29ClO2P2. The Morgan fingerprint density at radius 3 is 1.30 bits per heavy atom. The van der Waals surface area contributed by atoms with Gasteiger partial charge in [0.05, 0.1) is 36.8 Å². The highest BCUT2D eigenvalue weighted by molar-refractivity contribution is 7.90. The molecule has 170 valence electrons. The minimum absolute atomic E-state index is 0. The Kier molecular flexibility index (Phi) is 9.07. The smallest absolute Gasteiger partial charge is 0.146 e. The van der Waals surface area contributed by atoms with E-state index in [0.717, 1.165) is 16.8 Å². The summed E-state index contributed by atoms with van der Waals surface area (Å²) in [5.41, 5.74) is 0. The normalized spacial score (nSPS) is 11.5. The Labute approximate surface area is 203 Å². The fourth-order valence-corrected chi connectivity index (χ4v) is 12.4. The zero-order chi connectivity index (χ0) is 22.3. The lowest BCUT2D eigenvalue weighted by Gasteiger charge is -2.29. The standard InChI is InChI=1S/C28H29O2P2.ClH/c29-21-22-31(25-13-5-1-6-14-25,26-15-7-2-8-16-26)23-24-32(30,27-17-9-3-10-18-27)28-19-11-4-12-20-28;/h1-20,29H,21-24H2;1H/q+1;/p-1. The van der Waals surface area contributed by atoms with Crippen molar-refractivity contribution < 1.29 is 22.1 Å². The average molecular weight is 495 g/mol. The van der Waals surface area contributed by atoms with E-state index in [1.165, 1.54) is 10.6 Å². The largest absolute Gasteiger partial charge is 1.00 e. The third-order valence-electron chi connectivity index (χ3n) is 6.13. The van der Waals surface area contributed by atoms with Gasteiger partial charge in [0.15, 0.2) is 0 Å². The van der Waals surface area contributed by atoms with Crippen molar-refractivity contribution in [2.45, 2.75) is 0 Å². The fraction of sp³-hybridized carbons (Fsp3) is 0.143. The lowest BCUT2D eigenvalue weighted by molar-refractivity contribution is -0.00000858. The summed E-state index contributed by atoms with van der Waals surface area (Å²) < 4.78 is 14.7. The van der Waals surface area contributed by atoms with Crippen LogP contribution < -0.4 is 33.6 Å². The van der Waals surface area contributed by atoms with Crippen LogP contribution in [-0.2, 0) is 4.57 Å². The molecule has 4 aromatic rings. The first kappa shape index (κ1) is 25.4. The minimum Gasteiger partial charge on any atom is -1.00 e. The van der Waals surface area contributed by atoms with Crippen molar-refractivity contribution >= 4 is 35.6 Å². The van der Waals surface area contributed by atoms with Crippen molar-refractivity contribution in [1.82, 2.24) is 0 Å². The van der Waals surface area contributed by atoms with Crippen LogP contribution in [0.2, 0.25) is 0 Å². The molecule has 4 rings (SSSR count). The van der Waals surface area contributed by atoms with Gasteiger partial charge in [-0.25, -0.2) is 0 Å². The van der Waals surface area contributed by atoms with Gasteiger partial charge in [-0.3, -0.25) is 0 Å². The van der Waals surface area contributed by atoms with E-state index < -0.39 is 14.4 Å². The number of rotatable bonds is 9. The van der Waals surface area contributed by atoms with Gasteiger partial charge in [-0.15, -0.1) is 0 Å². The van der Waals surface area contributed by atoms with Gasteiger partial charge < -0.3 is 22.1 Å². The van der Waals surface area contributed by atoms with Crippen molar-refractivity contribution in [3.63, 3.8) is 0 Å². The minimum atomic E-state index is -2.84. The van der Waals surface area contributed by atoms with Crippen LogP contribution in [0.15, 0.2) is 121 Å². The molecule has 0 bridgehead atoms. The molecule has 0 heterocycles. The van der Waals surface area contributed by atoms with Gasteiger partial charge in [0.1, 0.15) is 7.14 Å². The summed E-state index contributed by atoms with van der Waals surface area (Å²) in [4.78, 5) is 0. The van der Waals surface area contributed by atoms with Gasteiger partial charge in [0.2, 0.25) is 0 Å². The SMILES string of the molecule is O=P(CC[P+](CCO)(c1ccccc1)c1ccccc1)(c1ccccc1)c1ccccc1.[Cl-]. The van der Waals surface area contributed by atoms with Gasteiger partial charge in [-0.05, 0) is 24.3 Å². The first-order valence-corrected chi connectivity index (χ1v) is 15.0. The maximum atomic E-state index is 14.7. The molecule has 0 atom stereocenters. The molecule has 0 aliphatic heterocycles. The Hall–Kier alpha value is -2.21. The summed E-state index contributed by atoms with van der Waals surface area (Å²) in [5.74, 6) is 0. The molecule has 0 aromatic heterocycles. The maximum Gasteiger partial charge on any atom is 0.146 e. The zero-order valence-corrected chi connectivity index (χ0v) is 21.0. The second kappa shape index (κ2) is 11.8. The van der Waals surface area contributed by atoms with Crippen molar-refractivity contribution in [2.75, 3.05) is 25.1 Å². The summed E-state index contributed by atoms with van der Waals surface area (Å²) in [5, 5.41) is 14.5. The lowest BCUT2D eigenvalue weighted by Crippen LogP contribution is -3.00. The molecule has 1 N–H and O–H groups in total. The highest BCUT2D eigenvalue weighted by atomic mass is 35.5. The number of aliphatic hydroxyl groups is 1. The Bertz CT molecular complexity index is 1070. The van der Waals surface area contributed by atoms with Gasteiger partial charge in [0, 0.05) is 16.8 Å². The first-order valence-electron chi connectivity index (χ1n) is 11.0. The monoisotopic (exact) mass is 494 g/mol. The van der Waals surface area contributed by atoms with Crippen LogP contribution >= 0.6 is 14.4 Å². The van der Waals surface area contributed by atoms with Crippen LogP contribution in [-0.4, -0.2) is 30.2 Å². The summed E-state index contributed by atoms with van der Waals surface area (Å²) in [6.45, 7) is 0.110. The molecule has 0 saturated heterocycles. The maximum absolute atomic E-state index is 14.7. The van der Waals surface area contributed by atoms with Crippen LogP contribution in [0.3, 0.4) is 0 Å². The van der Waals surface area contributed by atoms with E-state index in [-0.39, 0.29) is 19.0 Å². The molecule has 0 fully saturated rings. The first-order chi connectivity index (χ1) is 15.7. The molecule has 0 unspecified atom stereocenters. The van der Waals surface area contributed by atoms with Gasteiger partial charge in [-0.2, -0.15) is 0 Å². The second-order valence-corrected chi connectivity index (χ2v) is 14.8. The molecule has 0 aliphatic rings. The predicted molar refractivity (Wildman–Crippen MR) is 141 cm³/mol. The van der Waals surface area contributed by atoms with Crippen LogP contribution in [0.1, 0.15) is 0 Å². The molecule has 2 nitrogen and oxygen atoms in total. The van der Waals surface area contributed by atoms with Crippen molar-refractivity contribution in [3.8, 4) is 0 Å². The fourth-order valence-electron chi connectivity index (χ4n) is 4.43. The van der Waals surface area contributed by atoms with Crippen molar-refractivity contribution in [3.05, 3.63) is 121 Å². The summed E-state index contributed by atoms with van der Waals surface area (Å²) in [7, 11) is -4.80. The van der Waals surface area contributed by atoms with Gasteiger partial charge >= 0.3 is 0 Å². The van der Waals surface area contributed by atoms with Crippen LogP contribution in [0.25, 0.3) is 0 Å². The molecule has 4 aromatic carbocycles. The number of aliphatic hydroxyl groups excluding tert-OH is 1. The number of benzene rings is 4. The Morgan fingerprint density at radius 2 is 0.939 bits per heavy atom. The molecule has 0 saturated carbocycles. The van der Waals surface area contributed by atoms with Crippen LogP contribution in [0, 0.1) is 0 Å². The van der Waals surface area contributed by atoms with E-state index >= 15 is 0 Å². The molecule has 5 heteroatoms. The molecule has 0 radical (unpaired) electrons. The highest BCUT2D eigenvalue weighted by Gasteiger charge is 2.44. The molecular weight excluding hydrogens is 466 g/mol. The van der Waals surface area contributed by atoms with E-state index in [4.69, 9.17) is 0 Å². The average Bonchev–Trinajstić information content (AvgIpc) is 2.88. The quantitative estimate of drug-likeness (QED) is 0.359. The predicted octanol–water partition coefficient (Wildman–Crippen LogP) is 1.67. The van der Waals surface area contributed by atoms with Gasteiger partial charge in [0.25, 0.3) is 0 Å². The van der Waals surface area contributed by atoms with E-state index in [2.05, 4.69) is 48.5 Å². The Morgan fingerprint density at radius 1 is 0.576 bits per heavy atom. The number of hydrogen-bond acceptors (Lipinski definition) is 2. The Balaban J connectivity index is 0.00000306. The summed E-state index contributed by atoms with van der Waals surface area (Å²) in [6.07, 6.45) is 2.03. The van der Waals surface area contributed by atoms with Crippen molar-refractivity contribution in [2.24, 2.45) is 0 Å². The molecule has 33 heavy (non-hydrogen) atoms. The number of hydrogen-bond donors (Lipinski definition) is 1. The van der Waals surface area contributed by atoms with Crippen LogP contribution in [0.4, 0.5) is 0 Å². The highest BCUT2D eigenvalue weighted by Crippen LogP contribution is 2.59. The lowest BCUT2D eigenvalue weighted by atomic mass is 10.4. The van der Waals surface area contributed by atoms with Crippen LogP contribution in [0.5, 0.6) is 0 Å². The van der Waals surface area contributed by atoms with E-state index in [9.17, 15) is 9.67 Å². The van der Waals surface area contributed by atoms with E-state index in [1.807, 2.05) is 72.8 Å². The summed E-state index contributed by atoms with van der Waals surface area (Å²) in [6, 6.07) is 40.8. The van der Waals surface area contributed by atoms with E-state index in [1.54, 1.807) is 0 Å². The molecule has 0 aliphatic carbocycles. The third-order valence-corrected chi connectivity index (χ3v) is 14.1. The topological polar surface area (TPSA) is 37.3 Å². The van der Waals surface area contributed by atoms with E-state index in [0.29, 0.717) is 12.3 Å². The summed E-state index contributed by atoms with van der Waals surface area (Å²) >= 11 is 0. The van der Waals surface area contributed by atoms with Gasteiger partial charge in [-0.1, -0.05) is 97.1 Å². The number of halogens is 1. The second-order valence-electron chi connectivity index (χ2n) is 7.94. The molecule has 0 amide bonds.